The number of rotatable bonds is 6. The van der Waals surface area contributed by atoms with Gasteiger partial charge in [0.25, 0.3) is 0 Å². The summed E-state index contributed by atoms with van der Waals surface area (Å²) < 4.78 is 0. The molecule has 2 N–H and O–H groups in total. The smallest absolute Gasteiger partial charge is 0.198 e. The van der Waals surface area contributed by atoms with Gasteiger partial charge in [-0.15, -0.1) is 0 Å². The first-order chi connectivity index (χ1) is 10.5. The van der Waals surface area contributed by atoms with Crippen LogP contribution in [0.15, 0.2) is 42.2 Å². The lowest BCUT2D eigenvalue weighted by Gasteiger charge is -2.18. The van der Waals surface area contributed by atoms with E-state index >= 15 is 0 Å². The van der Waals surface area contributed by atoms with Gasteiger partial charge in [-0.1, -0.05) is 25.3 Å². The van der Waals surface area contributed by atoms with Gasteiger partial charge in [0, 0.05) is 11.1 Å². The maximum Gasteiger partial charge on any atom is 0.198 e. The summed E-state index contributed by atoms with van der Waals surface area (Å²) in [5, 5.41) is 0.817. The topological polar surface area (TPSA) is 37.3 Å². The van der Waals surface area contributed by atoms with Crippen LogP contribution in [0.5, 0.6) is 0 Å². The Morgan fingerprint density at radius 1 is 1.09 bits per heavy atom. The Kier molecular flexibility index (Phi) is 4.99. The minimum Gasteiger partial charge on any atom is -0.358 e. The average Bonchev–Trinajstić information content (AvgIpc) is 2.47. The highest BCUT2D eigenvalue weighted by molar-refractivity contribution is 5.85. The van der Waals surface area contributed by atoms with Crippen molar-refractivity contribution in [3.63, 3.8) is 0 Å². The first kappa shape index (κ1) is 16.2. The summed E-state index contributed by atoms with van der Waals surface area (Å²) >= 11 is 0. The van der Waals surface area contributed by atoms with Gasteiger partial charge in [-0.2, -0.15) is 0 Å². The number of benzene rings is 1. The van der Waals surface area contributed by atoms with Gasteiger partial charge < -0.3 is 9.88 Å². The quantitative estimate of drug-likeness (QED) is 0.788. The van der Waals surface area contributed by atoms with Crippen molar-refractivity contribution in [3.8, 4) is 0 Å². The Labute approximate surface area is 132 Å². The zero-order valence-corrected chi connectivity index (χ0v) is 13.8. The predicted molar refractivity (Wildman–Crippen MR) is 93.6 cm³/mol. The number of H-pyrrole nitrogens is 1. The summed E-state index contributed by atoms with van der Waals surface area (Å²) in [6.07, 6.45) is 3.78. The lowest BCUT2D eigenvalue weighted by atomic mass is 10.0. The maximum absolute atomic E-state index is 13.0. The molecule has 2 rings (SSSR count). The molecule has 0 radical (unpaired) electrons. The molecule has 0 fully saturated rings. The maximum atomic E-state index is 13.0. The molecule has 0 aliphatic heterocycles. The Morgan fingerprint density at radius 3 is 2.27 bits per heavy atom. The van der Waals surface area contributed by atoms with E-state index in [0.29, 0.717) is 6.54 Å². The van der Waals surface area contributed by atoms with E-state index in [4.69, 9.17) is 0 Å². The molecule has 0 spiro atoms. The second-order valence-electron chi connectivity index (χ2n) is 5.92. The van der Waals surface area contributed by atoms with E-state index < -0.39 is 0 Å². The first-order valence-corrected chi connectivity index (χ1v) is 7.66. The van der Waals surface area contributed by atoms with Crippen molar-refractivity contribution in [3.05, 3.63) is 70.1 Å². The predicted octanol–water partition coefficient (Wildman–Crippen LogP) is 2.21. The lowest BCUT2D eigenvalue weighted by Crippen LogP contribution is -3.10. The van der Waals surface area contributed by atoms with Gasteiger partial charge in [0.15, 0.2) is 5.43 Å². The van der Waals surface area contributed by atoms with Gasteiger partial charge in [-0.3, -0.25) is 4.79 Å². The fourth-order valence-electron chi connectivity index (χ4n) is 2.95. The van der Waals surface area contributed by atoms with E-state index in [1.54, 1.807) is 0 Å². The summed E-state index contributed by atoms with van der Waals surface area (Å²) in [6, 6.07) is 4.07. The lowest BCUT2D eigenvalue weighted by molar-refractivity contribution is -0.902. The molecule has 22 heavy (non-hydrogen) atoms. The van der Waals surface area contributed by atoms with Gasteiger partial charge in [-0.05, 0) is 44.1 Å². The monoisotopic (exact) mass is 297 g/mol. The van der Waals surface area contributed by atoms with Crippen LogP contribution in [-0.2, 0) is 6.54 Å². The van der Waals surface area contributed by atoms with Gasteiger partial charge in [0.2, 0.25) is 0 Å². The molecule has 1 aromatic heterocycles. The highest BCUT2D eigenvalue weighted by Crippen LogP contribution is 2.18. The van der Waals surface area contributed by atoms with Crippen LogP contribution >= 0.6 is 0 Å². The fourth-order valence-corrected chi connectivity index (χ4v) is 2.95. The Balaban J connectivity index is 2.59. The molecule has 0 unspecified atom stereocenters. The minimum absolute atomic E-state index is 0.151. The van der Waals surface area contributed by atoms with Crippen molar-refractivity contribution in [1.29, 1.82) is 0 Å². The average molecular weight is 297 g/mol. The molecule has 3 nitrogen and oxygen atoms in total. The van der Waals surface area contributed by atoms with E-state index in [1.165, 1.54) is 4.90 Å². The van der Waals surface area contributed by atoms with Crippen molar-refractivity contribution in [2.24, 2.45) is 0 Å². The van der Waals surface area contributed by atoms with Gasteiger partial charge >= 0.3 is 0 Å². The second-order valence-corrected chi connectivity index (χ2v) is 5.92. The van der Waals surface area contributed by atoms with Gasteiger partial charge in [0.05, 0.1) is 24.2 Å². The number of pyridine rings is 1. The van der Waals surface area contributed by atoms with E-state index in [2.05, 4.69) is 24.2 Å². The third-order valence-electron chi connectivity index (χ3n) is 4.18. The molecule has 3 heteroatoms. The molecule has 0 saturated carbocycles. The van der Waals surface area contributed by atoms with E-state index in [9.17, 15) is 4.79 Å². The number of nitrogens with one attached hydrogen (secondary N) is 2. The van der Waals surface area contributed by atoms with Crippen LogP contribution in [0.4, 0.5) is 0 Å². The molecule has 1 aromatic carbocycles. The van der Waals surface area contributed by atoms with Crippen molar-refractivity contribution in [1.82, 2.24) is 4.98 Å². The molecule has 0 bridgehead atoms. The number of hydrogen-bond donors (Lipinski definition) is 2. The highest BCUT2D eigenvalue weighted by atomic mass is 16.1. The Hall–Kier alpha value is -2.13. The molecular weight excluding hydrogens is 272 g/mol. The zero-order chi connectivity index (χ0) is 16.3. The third kappa shape index (κ3) is 3.04. The van der Waals surface area contributed by atoms with Crippen LogP contribution < -0.4 is 10.3 Å². The standard InChI is InChI=1S/C19H24N2O/c1-6-10-21(11-7-2)12-16-15(5)20-18-14(4)9-8-13(3)17(18)19(16)22/h6-9H,1-2,10-12H2,3-5H3,(H,20,22)/p+1. The number of aryl methyl sites for hydroxylation is 3. The SMILES string of the molecule is C=CC[NH+](CC=C)Cc1c(C)[nH]c2c(C)ccc(C)c2c1=O. The number of quaternary nitrogens is 1. The second kappa shape index (κ2) is 6.75. The Bertz CT molecular complexity index is 761. The zero-order valence-electron chi connectivity index (χ0n) is 13.8. The molecule has 1 heterocycles. The minimum atomic E-state index is 0.151. The summed E-state index contributed by atoms with van der Waals surface area (Å²) in [5.41, 5.74) is 5.06. The molecule has 0 saturated heterocycles. The first-order valence-electron chi connectivity index (χ1n) is 7.66. The van der Waals surface area contributed by atoms with Gasteiger partial charge in [-0.25, -0.2) is 0 Å². The van der Waals surface area contributed by atoms with Crippen molar-refractivity contribution < 1.29 is 4.90 Å². The van der Waals surface area contributed by atoms with Crippen LogP contribution in [0.25, 0.3) is 10.9 Å². The molecule has 0 aliphatic carbocycles. The van der Waals surface area contributed by atoms with Crippen molar-refractivity contribution in [2.45, 2.75) is 27.3 Å². The molecule has 116 valence electrons. The molecule has 0 aliphatic rings. The molecule has 2 aromatic rings. The summed E-state index contributed by atoms with van der Waals surface area (Å²) in [6.45, 7) is 15.9. The number of fused-ring (bicyclic) bond motifs is 1. The van der Waals surface area contributed by atoms with Crippen LogP contribution in [0.2, 0.25) is 0 Å². The van der Waals surface area contributed by atoms with E-state index in [1.807, 2.05) is 39.0 Å². The number of hydrogen-bond acceptors (Lipinski definition) is 1. The fraction of sp³-hybridized carbons (Fsp3) is 0.316. The normalized spacial score (nSPS) is 11.1. The number of aromatic nitrogens is 1. The summed E-state index contributed by atoms with van der Waals surface area (Å²) in [5.74, 6) is 0. The summed E-state index contributed by atoms with van der Waals surface area (Å²) in [4.78, 5) is 17.7. The van der Waals surface area contributed by atoms with Crippen LogP contribution in [-0.4, -0.2) is 18.1 Å². The van der Waals surface area contributed by atoms with Crippen LogP contribution in [0.3, 0.4) is 0 Å². The summed E-state index contributed by atoms with van der Waals surface area (Å²) in [7, 11) is 0. The molecular formula is C19H25N2O+. The van der Waals surface area contributed by atoms with E-state index in [-0.39, 0.29) is 5.43 Å². The molecule has 0 atom stereocenters. The van der Waals surface area contributed by atoms with Crippen LogP contribution in [0, 0.1) is 20.8 Å². The van der Waals surface area contributed by atoms with Crippen molar-refractivity contribution in [2.75, 3.05) is 13.1 Å². The van der Waals surface area contributed by atoms with Crippen molar-refractivity contribution >= 4 is 10.9 Å². The van der Waals surface area contributed by atoms with E-state index in [0.717, 1.165) is 46.4 Å². The van der Waals surface area contributed by atoms with Crippen LogP contribution in [0.1, 0.15) is 22.4 Å². The largest absolute Gasteiger partial charge is 0.358 e. The Morgan fingerprint density at radius 2 is 1.68 bits per heavy atom. The third-order valence-corrected chi connectivity index (χ3v) is 4.18. The highest BCUT2D eigenvalue weighted by Gasteiger charge is 2.16. The van der Waals surface area contributed by atoms with Gasteiger partial charge in [0.1, 0.15) is 6.54 Å². The molecule has 0 amide bonds. The number of aromatic amines is 1.